The summed E-state index contributed by atoms with van der Waals surface area (Å²) in [6, 6.07) is 54.0. The van der Waals surface area contributed by atoms with Crippen LogP contribution in [0.2, 0.25) is 0 Å². The Morgan fingerprint density at radius 2 is 0.586 bits per heavy atom. The third-order valence-electron chi connectivity index (χ3n) is 12.3. The zero-order valence-corrected chi connectivity index (χ0v) is 31.7. The smallest absolute Gasteiger partial charge is 0.0675 e. The third kappa shape index (κ3) is 5.12. The molecule has 0 bridgehead atoms. The number of hydrogen-bond acceptors (Lipinski definition) is 2. The zero-order chi connectivity index (χ0) is 38.2. The lowest BCUT2D eigenvalue weighted by Gasteiger charge is -2.22. The molecule has 2 nitrogen and oxygen atoms in total. The first-order valence-electron chi connectivity index (χ1n) is 20.2. The van der Waals surface area contributed by atoms with Gasteiger partial charge in [-0.2, -0.15) is 0 Å². The molecule has 270 valence electrons. The summed E-state index contributed by atoms with van der Waals surface area (Å²) < 4.78 is 0. The van der Waals surface area contributed by atoms with Crippen LogP contribution in [0.25, 0.3) is 87.9 Å². The molecule has 0 N–H and O–H groups in total. The highest BCUT2D eigenvalue weighted by Gasteiger charge is 2.24. The summed E-state index contributed by atoms with van der Waals surface area (Å²) >= 11 is 0. The second kappa shape index (κ2) is 13.1. The first-order valence-corrected chi connectivity index (χ1v) is 20.2. The zero-order valence-electron chi connectivity index (χ0n) is 31.7. The molecule has 8 aromatic carbocycles. The molecule has 0 aromatic heterocycles. The number of rotatable bonds is 5. The molecule has 4 aliphatic rings. The van der Waals surface area contributed by atoms with E-state index in [1.807, 2.05) is 0 Å². The highest BCUT2D eigenvalue weighted by atomic mass is 14.8. The highest BCUT2D eigenvalue weighted by Crippen LogP contribution is 2.50. The normalized spacial score (nSPS) is 17.8. The second-order valence-corrected chi connectivity index (χ2v) is 15.6. The molecule has 0 radical (unpaired) electrons. The third-order valence-corrected chi connectivity index (χ3v) is 12.3. The second-order valence-electron chi connectivity index (χ2n) is 15.6. The maximum Gasteiger partial charge on any atom is 0.0675 e. The van der Waals surface area contributed by atoms with E-state index in [9.17, 15) is 0 Å². The van der Waals surface area contributed by atoms with E-state index in [1.54, 1.807) is 0 Å². The fraction of sp³-hybridized carbons (Fsp3) is 0.0357. The Morgan fingerprint density at radius 3 is 0.897 bits per heavy atom. The van der Waals surface area contributed by atoms with Crippen LogP contribution in [0, 0.1) is 11.8 Å². The molecule has 2 unspecified atom stereocenters. The number of nitrogens with zero attached hydrogens (tertiary/aromatic N) is 2. The van der Waals surface area contributed by atoms with Gasteiger partial charge in [-0.25, -0.2) is 0 Å². The van der Waals surface area contributed by atoms with E-state index < -0.39 is 0 Å². The van der Waals surface area contributed by atoms with E-state index in [0.717, 1.165) is 33.9 Å². The van der Waals surface area contributed by atoms with Crippen molar-refractivity contribution in [3.63, 3.8) is 0 Å². The maximum atomic E-state index is 4.96. The molecule has 0 amide bonds. The Balaban J connectivity index is 1.05. The van der Waals surface area contributed by atoms with E-state index in [1.165, 1.54) is 76.5 Å². The van der Waals surface area contributed by atoms with Crippen LogP contribution in [0.4, 0.5) is 0 Å². The Bertz CT molecular complexity index is 2970. The van der Waals surface area contributed by atoms with Gasteiger partial charge in [0.1, 0.15) is 0 Å². The fourth-order valence-corrected chi connectivity index (χ4v) is 9.65. The van der Waals surface area contributed by atoms with Gasteiger partial charge in [-0.1, -0.05) is 182 Å². The molecule has 0 saturated heterocycles. The lowest BCUT2D eigenvalue weighted by atomic mass is 9.81. The van der Waals surface area contributed by atoms with Crippen LogP contribution in [-0.4, -0.2) is 11.4 Å². The Morgan fingerprint density at radius 1 is 0.293 bits per heavy atom. The number of allylic oxidation sites excluding steroid dienone is 10. The molecule has 0 fully saturated rings. The largest absolute Gasteiger partial charge is 0.252 e. The van der Waals surface area contributed by atoms with Gasteiger partial charge in [0, 0.05) is 11.8 Å². The average molecular weight is 737 g/mol. The minimum Gasteiger partial charge on any atom is -0.252 e. The van der Waals surface area contributed by atoms with Crippen LogP contribution < -0.4 is 0 Å². The SMILES string of the molecule is C1=CC2=NC(c3ccc(-c4c5ccccc5c(-c5c6ccccc6c(-c6ccc(C7=CC8C=CC=CC8=N7)cc6)c6ccccc56)c5ccccc45)cc3)=CC2C=C1. The topological polar surface area (TPSA) is 24.7 Å². The van der Waals surface area contributed by atoms with E-state index in [2.05, 4.69) is 206 Å². The van der Waals surface area contributed by atoms with Crippen LogP contribution in [0.1, 0.15) is 11.1 Å². The first kappa shape index (κ1) is 32.8. The van der Waals surface area contributed by atoms with Gasteiger partial charge < -0.3 is 0 Å². The van der Waals surface area contributed by atoms with Crippen LogP contribution in [0.3, 0.4) is 0 Å². The number of benzene rings is 8. The number of hydrogen-bond donors (Lipinski definition) is 0. The predicted molar refractivity (Wildman–Crippen MR) is 247 cm³/mol. The molecule has 2 atom stereocenters. The summed E-state index contributed by atoms with van der Waals surface area (Å²) in [5, 5.41) is 9.97. The van der Waals surface area contributed by atoms with Gasteiger partial charge in [0.2, 0.25) is 0 Å². The van der Waals surface area contributed by atoms with Crippen molar-refractivity contribution in [3.8, 4) is 33.4 Å². The highest BCUT2D eigenvalue weighted by molar-refractivity contribution is 6.30. The molecule has 2 aliphatic heterocycles. The first-order chi connectivity index (χ1) is 28.8. The predicted octanol–water partition coefficient (Wildman–Crippen LogP) is 14.4. The maximum absolute atomic E-state index is 4.96. The molecular formula is C56H36N2. The van der Waals surface area contributed by atoms with Gasteiger partial charge in [-0.3, -0.25) is 9.98 Å². The van der Waals surface area contributed by atoms with Gasteiger partial charge in [0.25, 0.3) is 0 Å². The van der Waals surface area contributed by atoms with E-state index in [0.29, 0.717) is 0 Å². The average Bonchev–Trinajstić information content (AvgIpc) is 3.93. The quantitative estimate of drug-likeness (QED) is 0.157. The summed E-state index contributed by atoms with van der Waals surface area (Å²) in [6.45, 7) is 0. The van der Waals surface area contributed by atoms with Crippen molar-refractivity contribution >= 4 is 65.9 Å². The van der Waals surface area contributed by atoms with E-state index >= 15 is 0 Å². The Labute approximate surface area is 337 Å². The standard InChI is InChI=1S/C56H36N2/c1-11-23-49-39(13-1)33-51(57-49)35-25-29-37(30-26-35)53-41-15-3-7-19-45(41)55(46-20-8-4-16-42(46)53)56-47-21-9-5-17-43(47)54(44-18-6-10-22-48(44)56)38-31-27-36(28-32-38)52-34-40-14-2-12-24-50(40)58-52/h1-34,39-40H. The summed E-state index contributed by atoms with van der Waals surface area (Å²) in [6.07, 6.45) is 21.5. The monoisotopic (exact) mass is 736 g/mol. The number of aliphatic imine (C=N–C) groups is 2. The molecule has 2 aliphatic carbocycles. The van der Waals surface area contributed by atoms with Gasteiger partial charge >= 0.3 is 0 Å². The lowest BCUT2D eigenvalue weighted by Crippen LogP contribution is -2.04. The van der Waals surface area contributed by atoms with Crippen molar-refractivity contribution < 1.29 is 0 Å². The minimum absolute atomic E-state index is 0.262. The van der Waals surface area contributed by atoms with Crippen LogP contribution in [0.5, 0.6) is 0 Å². The van der Waals surface area contributed by atoms with Crippen molar-refractivity contribution in [2.75, 3.05) is 0 Å². The van der Waals surface area contributed by atoms with Crippen molar-refractivity contribution in [3.05, 3.63) is 217 Å². The van der Waals surface area contributed by atoms with Crippen LogP contribution in [0.15, 0.2) is 216 Å². The van der Waals surface area contributed by atoms with Crippen molar-refractivity contribution in [2.45, 2.75) is 0 Å². The minimum atomic E-state index is 0.262. The lowest BCUT2D eigenvalue weighted by molar-refractivity contribution is 1.17. The molecule has 58 heavy (non-hydrogen) atoms. The summed E-state index contributed by atoms with van der Waals surface area (Å²) in [5.74, 6) is 0.523. The van der Waals surface area contributed by atoms with Gasteiger partial charge in [-0.05, 0) is 112 Å². The van der Waals surface area contributed by atoms with Crippen molar-refractivity contribution in [1.29, 1.82) is 0 Å². The van der Waals surface area contributed by atoms with Crippen LogP contribution in [-0.2, 0) is 0 Å². The Kier molecular flexibility index (Phi) is 7.39. The molecule has 0 spiro atoms. The summed E-state index contributed by atoms with van der Waals surface area (Å²) in [5.41, 5.74) is 14.0. The summed E-state index contributed by atoms with van der Waals surface area (Å²) in [7, 11) is 0. The van der Waals surface area contributed by atoms with E-state index in [4.69, 9.17) is 9.98 Å². The van der Waals surface area contributed by atoms with Gasteiger partial charge in [0.15, 0.2) is 0 Å². The molecular weight excluding hydrogens is 701 g/mol. The van der Waals surface area contributed by atoms with Gasteiger partial charge in [0.05, 0.1) is 22.8 Å². The molecule has 2 heterocycles. The number of fused-ring (bicyclic) bond motifs is 6. The van der Waals surface area contributed by atoms with Crippen molar-refractivity contribution in [1.82, 2.24) is 0 Å². The Hall–Kier alpha value is -7.42. The molecule has 0 saturated carbocycles. The van der Waals surface area contributed by atoms with Crippen molar-refractivity contribution in [2.24, 2.45) is 21.8 Å². The van der Waals surface area contributed by atoms with Crippen LogP contribution >= 0.6 is 0 Å². The van der Waals surface area contributed by atoms with Gasteiger partial charge in [-0.15, -0.1) is 0 Å². The molecule has 8 aromatic rings. The molecule has 12 rings (SSSR count). The van der Waals surface area contributed by atoms with E-state index in [-0.39, 0.29) is 11.8 Å². The fourth-order valence-electron chi connectivity index (χ4n) is 9.65. The summed E-state index contributed by atoms with van der Waals surface area (Å²) in [4.78, 5) is 9.93. The molecule has 2 heteroatoms.